The van der Waals surface area contributed by atoms with E-state index in [-0.39, 0.29) is 24.4 Å². The van der Waals surface area contributed by atoms with Crippen LogP contribution in [0, 0.1) is 0 Å². The van der Waals surface area contributed by atoms with E-state index in [2.05, 4.69) is 10.3 Å². The molecule has 2 aromatic rings. The highest BCUT2D eigenvalue weighted by molar-refractivity contribution is 7.15. The zero-order valence-corrected chi connectivity index (χ0v) is 15.8. The van der Waals surface area contributed by atoms with Gasteiger partial charge in [-0.2, -0.15) is 0 Å². The highest BCUT2D eigenvalue weighted by atomic mass is 35.5. The lowest BCUT2D eigenvalue weighted by atomic mass is 10.1. The van der Waals surface area contributed by atoms with Gasteiger partial charge in [0.05, 0.1) is 5.69 Å². The monoisotopic (exact) mass is 385 g/mol. The van der Waals surface area contributed by atoms with Gasteiger partial charge in [-0.05, 0) is 31.4 Å². The molecule has 1 aliphatic rings. The molecule has 0 bridgehead atoms. The number of aromatic nitrogens is 1. The Balaban J connectivity index is 0.00000208. The number of rotatable bonds is 6. The van der Waals surface area contributed by atoms with E-state index in [0.29, 0.717) is 17.5 Å². The van der Waals surface area contributed by atoms with Gasteiger partial charge in [0, 0.05) is 34.7 Å². The summed E-state index contributed by atoms with van der Waals surface area (Å²) in [4.78, 5) is 17.7. The number of anilines is 1. The van der Waals surface area contributed by atoms with Crippen LogP contribution in [0.1, 0.15) is 48.2 Å². The summed E-state index contributed by atoms with van der Waals surface area (Å²) in [5.74, 6) is 0.447. The minimum absolute atomic E-state index is 0. The maximum absolute atomic E-state index is 11.9. The maximum atomic E-state index is 11.9. The van der Waals surface area contributed by atoms with Gasteiger partial charge in [0.25, 0.3) is 0 Å². The van der Waals surface area contributed by atoms with Gasteiger partial charge in [-0.25, -0.2) is 4.98 Å². The molecule has 1 amide bonds. The van der Waals surface area contributed by atoms with Crippen LogP contribution in [0.5, 0.6) is 0 Å². The number of hydrogen-bond donors (Lipinski definition) is 2. The van der Waals surface area contributed by atoms with Crippen molar-refractivity contribution >= 4 is 46.4 Å². The van der Waals surface area contributed by atoms with Crippen molar-refractivity contribution in [3.63, 3.8) is 0 Å². The van der Waals surface area contributed by atoms with E-state index in [1.165, 1.54) is 17.7 Å². The van der Waals surface area contributed by atoms with Gasteiger partial charge in [-0.1, -0.05) is 29.8 Å². The molecule has 1 heterocycles. The van der Waals surface area contributed by atoms with Crippen molar-refractivity contribution in [2.45, 2.75) is 44.6 Å². The summed E-state index contributed by atoms with van der Waals surface area (Å²) >= 11 is 7.81. The molecule has 1 fully saturated rings. The van der Waals surface area contributed by atoms with E-state index in [9.17, 15) is 4.79 Å². The lowest BCUT2D eigenvalue weighted by Crippen LogP contribution is -2.23. The molecule has 24 heavy (non-hydrogen) atoms. The second-order valence-corrected chi connectivity index (χ2v) is 7.59. The van der Waals surface area contributed by atoms with Crippen molar-refractivity contribution in [2.24, 2.45) is 5.73 Å². The number of thiazole rings is 1. The normalized spacial score (nSPS) is 14.8. The Morgan fingerprint density at radius 2 is 2.17 bits per heavy atom. The second kappa shape index (κ2) is 8.30. The largest absolute Gasteiger partial charge is 0.327 e. The standard InChI is InChI=1S/C17H20ClN3OS.ClH/c1-10(19)8-15(22)20-17-21-16(11-6-7-11)14(23-17)9-12-4-2-3-5-13(12)18;/h2-5,10-11H,6-9,19H2,1H3,(H,20,21,22);1H. The number of amides is 1. The molecule has 1 aliphatic carbocycles. The van der Waals surface area contributed by atoms with Crippen LogP contribution in [0.2, 0.25) is 5.02 Å². The average molecular weight is 386 g/mol. The van der Waals surface area contributed by atoms with E-state index in [4.69, 9.17) is 17.3 Å². The average Bonchev–Trinajstić information content (AvgIpc) is 3.24. The van der Waals surface area contributed by atoms with Crippen molar-refractivity contribution in [3.05, 3.63) is 45.4 Å². The van der Waals surface area contributed by atoms with Crippen molar-refractivity contribution in [2.75, 3.05) is 5.32 Å². The number of halogens is 2. The molecule has 0 saturated heterocycles. The number of nitrogens with zero attached hydrogens (tertiary/aromatic N) is 1. The molecule has 130 valence electrons. The zero-order chi connectivity index (χ0) is 16.4. The molecule has 0 aliphatic heterocycles. The fraction of sp³-hybridized carbons (Fsp3) is 0.412. The summed E-state index contributed by atoms with van der Waals surface area (Å²) in [5.41, 5.74) is 7.87. The third kappa shape index (κ3) is 4.93. The molecule has 3 rings (SSSR count). The van der Waals surface area contributed by atoms with Crippen LogP contribution in [0.4, 0.5) is 5.13 Å². The molecular formula is C17H21Cl2N3OS. The van der Waals surface area contributed by atoms with Crippen LogP contribution >= 0.6 is 35.3 Å². The van der Waals surface area contributed by atoms with Crippen molar-refractivity contribution in [3.8, 4) is 0 Å². The predicted octanol–water partition coefficient (Wildman–Crippen LogP) is 4.36. The Morgan fingerprint density at radius 3 is 2.79 bits per heavy atom. The van der Waals surface area contributed by atoms with Gasteiger partial charge in [0.2, 0.25) is 5.91 Å². The molecule has 7 heteroatoms. The van der Waals surface area contributed by atoms with Crippen LogP contribution in [0.25, 0.3) is 0 Å². The van der Waals surface area contributed by atoms with Gasteiger partial charge in [0.1, 0.15) is 0 Å². The molecule has 0 spiro atoms. The SMILES string of the molecule is CC(N)CC(=O)Nc1nc(C2CC2)c(Cc2ccccc2Cl)s1.Cl. The Bertz CT molecular complexity index is 714. The zero-order valence-electron chi connectivity index (χ0n) is 13.4. The first-order valence-corrected chi connectivity index (χ1v) is 9.01. The Kier molecular flexibility index (Phi) is 6.63. The Hall–Kier alpha value is -1.14. The molecule has 1 saturated carbocycles. The summed E-state index contributed by atoms with van der Waals surface area (Å²) in [5, 5.41) is 4.31. The molecule has 1 atom stereocenters. The smallest absolute Gasteiger partial charge is 0.227 e. The Morgan fingerprint density at radius 1 is 1.46 bits per heavy atom. The van der Waals surface area contributed by atoms with Gasteiger partial charge in [-0.3, -0.25) is 4.79 Å². The fourth-order valence-corrected chi connectivity index (χ4v) is 3.79. The molecule has 1 aromatic carbocycles. The number of carbonyl (C=O) groups is 1. The third-order valence-electron chi connectivity index (χ3n) is 3.75. The minimum Gasteiger partial charge on any atom is -0.327 e. The van der Waals surface area contributed by atoms with Crippen LogP contribution in [0.3, 0.4) is 0 Å². The topological polar surface area (TPSA) is 68.0 Å². The molecule has 3 N–H and O–H groups in total. The maximum Gasteiger partial charge on any atom is 0.227 e. The lowest BCUT2D eigenvalue weighted by Gasteiger charge is -2.04. The van der Waals surface area contributed by atoms with Crippen LogP contribution in [-0.4, -0.2) is 16.9 Å². The second-order valence-electron chi connectivity index (χ2n) is 6.10. The van der Waals surface area contributed by atoms with Crippen LogP contribution < -0.4 is 11.1 Å². The number of benzene rings is 1. The first kappa shape index (κ1) is 19.2. The van der Waals surface area contributed by atoms with Crippen molar-refractivity contribution in [1.82, 2.24) is 4.98 Å². The number of nitrogens with two attached hydrogens (primary N) is 1. The Labute approximate surface area is 157 Å². The summed E-state index contributed by atoms with van der Waals surface area (Å²) < 4.78 is 0. The van der Waals surface area contributed by atoms with Crippen molar-refractivity contribution in [1.29, 1.82) is 0 Å². The molecule has 1 unspecified atom stereocenters. The van der Waals surface area contributed by atoms with Crippen LogP contribution in [-0.2, 0) is 11.2 Å². The first-order chi connectivity index (χ1) is 11.0. The van der Waals surface area contributed by atoms with Crippen molar-refractivity contribution < 1.29 is 4.79 Å². The van der Waals surface area contributed by atoms with E-state index in [1.54, 1.807) is 11.3 Å². The summed E-state index contributed by atoms with van der Waals surface area (Å²) in [6, 6.07) is 7.71. The highest BCUT2D eigenvalue weighted by Crippen LogP contribution is 2.44. The van der Waals surface area contributed by atoms with Gasteiger partial charge >= 0.3 is 0 Å². The molecule has 1 aromatic heterocycles. The van der Waals surface area contributed by atoms with Gasteiger partial charge in [0.15, 0.2) is 5.13 Å². The summed E-state index contributed by atoms with van der Waals surface area (Å²) in [6.45, 7) is 1.82. The van der Waals surface area contributed by atoms with E-state index in [1.807, 2.05) is 31.2 Å². The third-order valence-corrected chi connectivity index (χ3v) is 5.11. The highest BCUT2D eigenvalue weighted by Gasteiger charge is 2.30. The number of hydrogen-bond acceptors (Lipinski definition) is 4. The quantitative estimate of drug-likeness (QED) is 0.775. The first-order valence-electron chi connectivity index (χ1n) is 7.81. The van der Waals surface area contributed by atoms with Gasteiger partial charge < -0.3 is 11.1 Å². The predicted molar refractivity (Wildman–Crippen MR) is 102 cm³/mol. The minimum atomic E-state index is -0.152. The lowest BCUT2D eigenvalue weighted by molar-refractivity contribution is -0.116. The van der Waals surface area contributed by atoms with E-state index in [0.717, 1.165) is 22.7 Å². The van der Waals surface area contributed by atoms with Crippen LogP contribution in [0.15, 0.2) is 24.3 Å². The molecule has 4 nitrogen and oxygen atoms in total. The summed E-state index contributed by atoms with van der Waals surface area (Å²) in [6.07, 6.45) is 3.41. The number of nitrogens with one attached hydrogen (secondary N) is 1. The van der Waals surface area contributed by atoms with E-state index < -0.39 is 0 Å². The molecule has 0 radical (unpaired) electrons. The summed E-state index contributed by atoms with van der Waals surface area (Å²) in [7, 11) is 0. The van der Waals surface area contributed by atoms with E-state index >= 15 is 0 Å². The fourth-order valence-electron chi connectivity index (χ4n) is 2.50. The molecular weight excluding hydrogens is 365 g/mol. The number of carbonyl (C=O) groups excluding carboxylic acids is 1. The van der Waals surface area contributed by atoms with Gasteiger partial charge in [-0.15, -0.1) is 23.7 Å².